The Bertz CT molecular complexity index is 824. The molecule has 138 valence electrons. The summed E-state index contributed by atoms with van der Waals surface area (Å²) >= 11 is 0. The molecular formula is C21H26N2O3. The van der Waals surface area contributed by atoms with Crippen molar-refractivity contribution < 1.29 is 14.1 Å². The monoisotopic (exact) mass is 354 g/mol. The predicted molar refractivity (Wildman–Crippen MR) is 99.1 cm³/mol. The molecule has 4 rings (SSSR count). The number of fused-ring (bicyclic) bond motifs is 2. The van der Waals surface area contributed by atoms with E-state index in [0.29, 0.717) is 17.5 Å². The van der Waals surface area contributed by atoms with Gasteiger partial charge in [-0.05, 0) is 54.4 Å². The van der Waals surface area contributed by atoms with Crippen molar-refractivity contribution in [2.45, 2.75) is 46.1 Å². The first-order chi connectivity index (χ1) is 12.3. The molecule has 1 aromatic carbocycles. The molecule has 0 unspecified atom stereocenters. The van der Waals surface area contributed by atoms with Crippen LogP contribution in [0.15, 0.2) is 34.9 Å². The smallest absolute Gasteiger partial charge is 0.276 e. The molecule has 2 bridgehead atoms. The van der Waals surface area contributed by atoms with Gasteiger partial charge in [0.2, 0.25) is 0 Å². The van der Waals surface area contributed by atoms with Crippen LogP contribution in [0.2, 0.25) is 0 Å². The van der Waals surface area contributed by atoms with Gasteiger partial charge in [0.05, 0.1) is 7.11 Å². The van der Waals surface area contributed by atoms with E-state index >= 15 is 0 Å². The predicted octanol–water partition coefficient (Wildman–Crippen LogP) is 4.39. The summed E-state index contributed by atoms with van der Waals surface area (Å²) in [4.78, 5) is 15.1. The summed E-state index contributed by atoms with van der Waals surface area (Å²) in [5.74, 6) is 1.37. The van der Waals surface area contributed by atoms with Crippen molar-refractivity contribution in [3.8, 4) is 17.1 Å². The minimum Gasteiger partial charge on any atom is -0.497 e. The third-order valence-corrected chi connectivity index (χ3v) is 5.78. The Balaban J connectivity index is 1.55. The van der Waals surface area contributed by atoms with Gasteiger partial charge in [-0.25, -0.2) is 0 Å². The molecule has 5 heteroatoms. The Kier molecular flexibility index (Phi) is 3.86. The summed E-state index contributed by atoms with van der Waals surface area (Å²) in [6, 6.07) is 9.59. The summed E-state index contributed by atoms with van der Waals surface area (Å²) < 4.78 is 10.6. The topological polar surface area (TPSA) is 55.6 Å². The molecule has 26 heavy (non-hydrogen) atoms. The first kappa shape index (κ1) is 17.1. The second-order valence-electron chi connectivity index (χ2n) is 8.95. The van der Waals surface area contributed by atoms with Crippen LogP contribution in [0.5, 0.6) is 5.75 Å². The van der Waals surface area contributed by atoms with Gasteiger partial charge in [-0.2, -0.15) is 0 Å². The zero-order valence-electron chi connectivity index (χ0n) is 15.9. The van der Waals surface area contributed by atoms with Gasteiger partial charge < -0.3 is 14.2 Å². The second kappa shape index (κ2) is 5.86. The number of amides is 1. The van der Waals surface area contributed by atoms with Crippen molar-refractivity contribution in [3.05, 3.63) is 36.0 Å². The van der Waals surface area contributed by atoms with Crippen molar-refractivity contribution in [3.63, 3.8) is 0 Å². The van der Waals surface area contributed by atoms with Crippen LogP contribution in [0.25, 0.3) is 11.3 Å². The first-order valence-corrected chi connectivity index (χ1v) is 9.21. The van der Waals surface area contributed by atoms with Gasteiger partial charge in [0.1, 0.15) is 5.75 Å². The summed E-state index contributed by atoms with van der Waals surface area (Å²) in [5.41, 5.74) is 1.77. The summed E-state index contributed by atoms with van der Waals surface area (Å²) in [7, 11) is 1.63. The van der Waals surface area contributed by atoms with Crippen molar-refractivity contribution >= 4 is 5.91 Å². The number of hydrogen-bond acceptors (Lipinski definition) is 4. The van der Waals surface area contributed by atoms with Gasteiger partial charge in [-0.3, -0.25) is 4.79 Å². The largest absolute Gasteiger partial charge is 0.497 e. The van der Waals surface area contributed by atoms with E-state index in [9.17, 15) is 4.79 Å². The van der Waals surface area contributed by atoms with Gasteiger partial charge in [-0.15, -0.1) is 0 Å². The summed E-state index contributed by atoms with van der Waals surface area (Å²) in [5, 5.41) is 4.06. The van der Waals surface area contributed by atoms with E-state index in [1.165, 1.54) is 0 Å². The zero-order valence-corrected chi connectivity index (χ0v) is 15.9. The van der Waals surface area contributed by atoms with Crippen molar-refractivity contribution in [2.24, 2.45) is 10.8 Å². The lowest BCUT2D eigenvalue weighted by Gasteiger charge is -2.39. The third kappa shape index (κ3) is 3.00. The Morgan fingerprint density at radius 2 is 1.96 bits per heavy atom. The molecule has 1 aliphatic carbocycles. The van der Waals surface area contributed by atoms with Crippen LogP contribution in [-0.4, -0.2) is 35.7 Å². The van der Waals surface area contributed by atoms with E-state index in [0.717, 1.165) is 37.1 Å². The molecule has 1 saturated heterocycles. The Morgan fingerprint density at radius 3 is 2.65 bits per heavy atom. The molecule has 2 fully saturated rings. The van der Waals surface area contributed by atoms with Crippen molar-refractivity contribution in [1.29, 1.82) is 0 Å². The summed E-state index contributed by atoms with van der Waals surface area (Å²) in [6.45, 7) is 7.73. The lowest BCUT2D eigenvalue weighted by atomic mass is 9.65. The van der Waals surface area contributed by atoms with Gasteiger partial charge in [0.25, 0.3) is 5.91 Å². The molecular weight excluding hydrogens is 328 g/mol. The van der Waals surface area contributed by atoms with E-state index in [2.05, 4.69) is 25.9 Å². The van der Waals surface area contributed by atoms with Gasteiger partial charge in [0, 0.05) is 24.2 Å². The van der Waals surface area contributed by atoms with E-state index in [-0.39, 0.29) is 16.7 Å². The SMILES string of the molecule is COc1ccc(-c2cc(C(=O)N3C[C@@]4(C)C[C@H]3CC(C)(C)C4)no2)cc1. The maximum atomic E-state index is 13.1. The normalized spacial score (nSPS) is 26.8. The number of benzene rings is 1. The van der Waals surface area contributed by atoms with Gasteiger partial charge in [-0.1, -0.05) is 25.9 Å². The molecule has 1 saturated carbocycles. The molecule has 5 nitrogen and oxygen atoms in total. The highest BCUT2D eigenvalue weighted by Crippen LogP contribution is 2.52. The van der Waals surface area contributed by atoms with E-state index in [1.54, 1.807) is 13.2 Å². The van der Waals surface area contributed by atoms with Crippen LogP contribution in [-0.2, 0) is 0 Å². The molecule has 1 aliphatic heterocycles. The quantitative estimate of drug-likeness (QED) is 0.820. The molecule has 1 aromatic heterocycles. The number of likely N-dealkylation sites (tertiary alicyclic amines) is 1. The molecule has 0 radical (unpaired) electrons. The molecule has 2 atom stereocenters. The van der Waals surface area contributed by atoms with Crippen LogP contribution in [0, 0.1) is 10.8 Å². The molecule has 2 aliphatic rings. The fourth-order valence-electron chi connectivity index (χ4n) is 5.11. The average molecular weight is 354 g/mol. The number of aromatic nitrogens is 1. The fraction of sp³-hybridized carbons (Fsp3) is 0.524. The number of carbonyl (C=O) groups excluding carboxylic acids is 1. The van der Waals surface area contributed by atoms with Gasteiger partial charge in [0.15, 0.2) is 11.5 Å². The minimum absolute atomic E-state index is 0.0139. The second-order valence-corrected chi connectivity index (χ2v) is 8.95. The number of ether oxygens (including phenoxy) is 1. The van der Waals surface area contributed by atoms with Gasteiger partial charge >= 0.3 is 0 Å². The molecule has 2 heterocycles. The van der Waals surface area contributed by atoms with E-state index in [1.807, 2.05) is 29.2 Å². The first-order valence-electron chi connectivity index (χ1n) is 9.21. The molecule has 2 aromatic rings. The maximum absolute atomic E-state index is 13.1. The number of carbonyl (C=O) groups is 1. The average Bonchev–Trinajstić information content (AvgIpc) is 3.16. The standard InChI is InChI=1S/C21H26N2O3/c1-20(2)10-15-11-21(3,12-20)13-23(15)19(24)17-9-18(26-22-17)14-5-7-16(25-4)8-6-14/h5-9,15H,10-13H2,1-4H3/t15-,21+/m1/s1. The van der Waals surface area contributed by atoms with Crippen LogP contribution in [0.3, 0.4) is 0 Å². The highest BCUT2D eigenvalue weighted by Gasteiger charge is 2.51. The Morgan fingerprint density at radius 1 is 1.23 bits per heavy atom. The number of hydrogen-bond donors (Lipinski definition) is 0. The fourth-order valence-corrected chi connectivity index (χ4v) is 5.11. The number of nitrogens with zero attached hydrogens (tertiary/aromatic N) is 2. The lowest BCUT2D eigenvalue weighted by Crippen LogP contribution is -2.37. The number of rotatable bonds is 3. The van der Waals surface area contributed by atoms with Crippen molar-refractivity contribution in [1.82, 2.24) is 10.1 Å². The molecule has 0 N–H and O–H groups in total. The van der Waals surface area contributed by atoms with E-state index < -0.39 is 0 Å². The van der Waals surface area contributed by atoms with Crippen LogP contribution in [0.1, 0.15) is 50.5 Å². The van der Waals surface area contributed by atoms with E-state index in [4.69, 9.17) is 9.26 Å². The van der Waals surface area contributed by atoms with Crippen molar-refractivity contribution in [2.75, 3.05) is 13.7 Å². The number of methoxy groups -OCH3 is 1. The van der Waals surface area contributed by atoms with Crippen LogP contribution < -0.4 is 4.74 Å². The lowest BCUT2D eigenvalue weighted by molar-refractivity contribution is 0.0698. The minimum atomic E-state index is -0.0139. The third-order valence-electron chi connectivity index (χ3n) is 5.78. The molecule has 0 spiro atoms. The maximum Gasteiger partial charge on any atom is 0.276 e. The Labute approximate surface area is 154 Å². The Hall–Kier alpha value is -2.30. The molecule has 1 amide bonds. The van der Waals surface area contributed by atoms with Crippen LogP contribution >= 0.6 is 0 Å². The highest BCUT2D eigenvalue weighted by atomic mass is 16.5. The highest BCUT2D eigenvalue weighted by molar-refractivity contribution is 5.93. The summed E-state index contributed by atoms with van der Waals surface area (Å²) in [6.07, 6.45) is 3.30. The zero-order chi connectivity index (χ0) is 18.5. The van der Waals surface area contributed by atoms with Crippen LogP contribution in [0.4, 0.5) is 0 Å².